The topological polar surface area (TPSA) is 88.2 Å². The number of rotatable bonds is 0. The fraction of sp³-hybridized carbons (Fsp3) is 0. The van der Waals surface area contributed by atoms with E-state index >= 15 is 0 Å². The number of thiocarbonyl (C=S) groups is 1. The third kappa shape index (κ3) is 2.00. The van der Waals surface area contributed by atoms with E-state index in [0.29, 0.717) is 11.4 Å². The Morgan fingerprint density at radius 3 is 2.75 bits per heavy atom. The molecule has 0 fully saturated rings. The number of hydrogen-bond donors (Lipinski definition) is 3. The van der Waals surface area contributed by atoms with Crippen LogP contribution in [0.2, 0.25) is 0 Å². The van der Waals surface area contributed by atoms with E-state index in [0.717, 1.165) is 0 Å². The molecule has 1 aliphatic carbocycles. The Morgan fingerprint density at radius 2 is 2.17 bits per heavy atom. The Morgan fingerprint density at radius 1 is 1.50 bits per heavy atom. The highest BCUT2D eigenvalue weighted by Crippen LogP contribution is 2.00. The van der Waals surface area contributed by atoms with Gasteiger partial charge in [0.1, 0.15) is 0 Å². The van der Waals surface area contributed by atoms with Crippen molar-refractivity contribution in [2.45, 2.75) is 0 Å². The van der Waals surface area contributed by atoms with E-state index < -0.39 is 0 Å². The van der Waals surface area contributed by atoms with Gasteiger partial charge in [0, 0.05) is 5.70 Å². The zero-order chi connectivity index (χ0) is 9.14. The van der Waals surface area contributed by atoms with Crippen molar-refractivity contribution in [1.29, 1.82) is 5.41 Å². The molecule has 12 heavy (non-hydrogen) atoms. The van der Waals surface area contributed by atoms with Crippen LogP contribution in [-0.2, 0) is 0 Å². The Hall–Kier alpha value is -1.49. The Balaban J connectivity index is 3.00. The van der Waals surface area contributed by atoms with Crippen LogP contribution < -0.4 is 11.5 Å². The molecule has 5 heteroatoms. The number of nitrogens with zero attached hydrogens (tertiary/aromatic N) is 1. The van der Waals surface area contributed by atoms with Crippen molar-refractivity contribution in [2.75, 3.05) is 0 Å². The molecule has 0 bridgehead atoms. The summed E-state index contributed by atoms with van der Waals surface area (Å²) in [4.78, 5) is 3.76. The lowest BCUT2D eigenvalue weighted by molar-refractivity contribution is 1.41. The standard InChI is InChI=1S/C7H8N4S/c8-4-1-2-5(9)6(3-4)11-7(10)12/h1-3,9H,8H2,(H2,10,12). The van der Waals surface area contributed by atoms with Gasteiger partial charge in [-0.15, -0.1) is 0 Å². The number of nitrogens with one attached hydrogen (secondary N) is 1. The molecule has 0 aromatic heterocycles. The third-order valence-electron chi connectivity index (χ3n) is 1.25. The SMILES string of the molecule is N=C1C=CC(N)=CC1=NC(N)=S. The highest BCUT2D eigenvalue weighted by atomic mass is 32.1. The van der Waals surface area contributed by atoms with Gasteiger partial charge in [-0.1, -0.05) is 0 Å². The molecule has 0 spiro atoms. The Bertz CT molecular complexity index is 324. The van der Waals surface area contributed by atoms with Gasteiger partial charge in [-0.05, 0) is 30.4 Å². The molecule has 1 rings (SSSR count). The quantitative estimate of drug-likeness (QED) is 0.365. The summed E-state index contributed by atoms with van der Waals surface area (Å²) in [5.41, 5.74) is 11.9. The minimum Gasteiger partial charge on any atom is -0.399 e. The summed E-state index contributed by atoms with van der Waals surface area (Å²) in [6, 6.07) is 0. The molecule has 0 atom stereocenters. The summed E-state index contributed by atoms with van der Waals surface area (Å²) in [7, 11) is 0. The fourth-order valence-electron chi connectivity index (χ4n) is 0.760. The second kappa shape index (κ2) is 3.27. The number of nitrogens with two attached hydrogens (primary N) is 2. The molecule has 1 aliphatic rings. The summed E-state index contributed by atoms with van der Waals surface area (Å²) < 4.78 is 0. The summed E-state index contributed by atoms with van der Waals surface area (Å²) in [6.45, 7) is 0. The second-order valence-electron chi connectivity index (χ2n) is 2.23. The van der Waals surface area contributed by atoms with Crippen LogP contribution in [0.15, 0.2) is 28.9 Å². The van der Waals surface area contributed by atoms with Crippen molar-refractivity contribution in [2.24, 2.45) is 16.5 Å². The van der Waals surface area contributed by atoms with Crippen LogP contribution in [0.25, 0.3) is 0 Å². The zero-order valence-corrected chi connectivity index (χ0v) is 7.06. The van der Waals surface area contributed by atoms with Crippen LogP contribution in [0.1, 0.15) is 0 Å². The summed E-state index contributed by atoms with van der Waals surface area (Å²) in [6.07, 6.45) is 4.73. The van der Waals surface area contributed by atoms with E-state index in [1.165, 1.54) is 0 Å². The molecule has 0 amide bonds. The molecule has 4 nitrogen and oxygen atoms in total. The first-order valence-electron chi connectivity index (χ1n) is 3.22. The largest absolute Gasteiger partial charge is 0.399 e. The van der Waals surface area contributed by atoms with Gasteiger partial charge >= 0.3 is 0 Å². The van der Waals surface area contributed by atoms with E-state index in [2.05, 4.69) is 17.2 Å². The van der Waals surface area contributed by atoms with Crippen molar-refractivity contribution < 1.29 is 0 Å². The number of aliphatic imine (C=N–C) groups is 1. The predicted molar refractivity (Wildman–Crippen MR) is 53.4 cm³/mol. The average molecular weight is 180 g/mol. The van der Waals surface area contributed by atoms with Crippen LogP contribution in [0.3, 0.4) is 0 Å². The van der Waals surface area contributed by atoms with E-state index in [1.807, 2.05) is 0 Å². The Kier molecular flexibility index (Phi) is 2.35. The van der Waals surface area contributed by atoms with Crippen molar-refractivity contribution in [3.8, 4) is 0 Å². The summed E-state index contributed by atoms with van der Waals surface area (Å²) in [5.74, 6) is 0. The molecule has 0 unspecified atom stereocenters. The maximum absolute atomic E-state index is 7.40. The second-order valence-corrected chi connectivity index (χ2v) is 2.64. The average Bonchev–Trinajstić information content (AvgIpc) is 1.96. The third-order valence-corrected chi connectivity index (χ3v) is 1.34. The van der Waals surface area contributed by atoms with Gasteiger partial charge in [0.2, 0.25) is 0 Å². The monoisotopic (exact) mass is 180 g/mol. The molecule has 0 heterocycles. The van der Waals surface area contributed by atoms with Crippen LogP contribution in [0.4, 0.5) is 0 Å². The van der Waals surface area contributed by atoms with E-state index in [4.69, 9.17) is 16.9 Å². The van der Waals surface area contributed by atoms with Gasteiger partial charge in [-0.3, -0.25) is 5.41 Å². The molecular weight excluding hydrogens is 172 g/mol. The number of allylic oxidation sites excluding steroid dienone is 3. The lowest BCUT2D eigenvalue weighted by Gasteiger charge is -2.04. The molecule has 0 aromatic carbocycles. The van der Waals surface area contributed by atoms with Gasteiger partial charge in [0.05, 0.1) is 11.4 Å². The maximum Gasteiger partial charge on any atom is 0.190 e. The lowest BCUT2D eigenvalue weighted by Crippen LogP contribution is -2.18. The highest BCUT2D eigenvalue weighted by molar-refractivity contribution is 7.80. The zero-order valence-electron chi connectivity index (χ0n) is 6.24. The van der Waals surface area contributed by atoms with Gasteiger partial charge in [0.25, 0.3) is 0 Å². The minimum atomic E-state index is 0.00843. The van der Waals surface area contributed by atoms with Crippen molar-refractivity contribution >= 4 is 28.8 Å². The molecule has 5 N–H and O–H groups in total. The highest BCUT2D eigenvalue weighted by Gasteiger charge is 2.06. The number of hydrogen-bond acceptors (Lipinski definition) is 3. The molecule has 62 valence electrons. The molecule has 0 radical (unpaired) electrons. The van der Waals surface area contributed by atoms with E-state index in [9.17, 15) is 0 Å². The van der Waals surface area contributed by atoms with Crippen LogP contribution >= 0.6 is 12.2 Å². The van der Waals surface area contributed by atoms with Crippen LogP contribution in [0, 0.1) is 5.41 Å². The molecule has 0 saturated carbocycles. The normalized spacial score (nSPS) is 19.5. The molecule has 0 saturated heterocycles. The summed E-state index contributed by atoms with van der Waals surface area (Å²) in [5, 5.41) is 7.40. The van der Waals surface area contributed by atoms with Gasteiger partial charge in [-0.2, -0.15) is 0 Å². The minimum absolute atomic E-state index is 0.00843. The van der Waals surface area contributed by atoms with E-state index in [1.54, 1.807) is 18.2 Å². The van der Waals surface area contributed by atoms with Gasteiger partial charge < -0.3 is 11.5 Å². The van der Waals surface area contributed by atoms with Crippen molar-refractivity contribution in [3.05, 3.63) is 23.9 Å². The van der Waals surface area contributed by atoms with Crippen LogP contribution in [-0.4, -0.2) is 16.5 Å². The van der Waals surface area contributed by atoms with Crippen LogP contribution in [0.5, 0.6) is 0 Å². The first-order valence-corrected chi connectivity index (χ1v) is 3.62. The Labute approximate surface area is 75.2 Å². The molecule has 0 aromatic rings. The first-order chi connectivity index (χ1) is 5.59. The fourth-order valence-corrected chi connectivity index (χ4v) is 0.858. The van der Waals surface area contributed by atoms with E-state index in [-0.39, 0.29) is 10.8 Å². The predicted octanol–water partition coefficient (Wildman–Crippen LogP) is 0.103. The smallest absolute Gasteiger partial charge is 0.190 e. The van der Waals surface area contributed by atoms with Crippen molar-refractivity contribution in [3.63, 3.8) is 0 Å². The maximum atomic E-state index is 7.40. The van der Waals surface area contributed by atoms with Gasteiger partial charge in [-0.25, -0.2) is 4.99 Å². The summed E-state index contributed by atoms with van der Waals surface area (Å²) >= 11 is 4.57. The van der Waals surface area contributed by atoms with Crippen molar-refractivity contribution in [1.82, 2.24) is 0 Å². The first kappa shape index (κ1) is 8.61. The molecule has 0 aliphatic heterocycles. The lowest BCUT2D eigenvalue weighted by atomic mass is 10.1. The molecular formula is C7H8N4S. The van der Waals surface area contributed by atoms with Gasteiger partial charge in [0.15, 0.2) is 5.11 Å².